The molecule has 23 heavy (non-hydrogen) atoms. The van der Waals surface area contributed by atoms with Crippen molar-refractivity contribution >= 4 is 33.0 Å². The molecule has 0 spiro atoms. The molecule has 1 amide bonds. The van der Waals surface area contributed by atoms with E-state index in [0.717, 1.165) is 20.7 Å². The van der Waals surface area contributed by atoms with Gasteiger partial charge in [0.05, 0.1) is 4.88 Å². The lowest BCUT2D eigenvalue weighted by molar-refractivity contribution is 0.0956. The Labute approximate surface area is 140 Å². The average Bonchev–Trinajstić information content (AvgIpc) is 3.03. The van der Waals surface area contributed by atoms with E-state index in [1.165, 1.54) is 11.3 Å². The number of benzene rings is 2. The molecule has 0 saturated heterocycles. The summed E-state index contributed by atoms with van der Waals surface area (Å²) in [5.41, 5.74) is 1.15. The zero-order valence-corrected chi connectivity index (χ0v) is 14.1. The topological polar surface area (TPSA) is 32.3 Å². The summed E-state index contributed by atoms with van der Waals surface area (Å²) in [5.74, 6) is -0.000452. The molecule has 118 valence electrons. The lowest BCUT2D eigenvalue weighted by atomic mass is 10.2. The number of nitrogens with zero attached hydrogens (tertiary/aromatic N) is 1. The molecular weight excluding hydrogens is 304 g/mol. The lowest BCUT2D eigenvalue weighted by Crippen LogP contribution is -2.40. The number of fused-ring (bicyclic) bond motifs is 1. The maximum absolute atomic E-state index is 12.4. The highest BCUT2D eigenvalue weighted by molar-refractivity contribution is 7.20. The SMILES string of the molecule is CC(CNC(=O)c1cc2ccccc2s1)N(C)c1ccccc1. The summed E-state index contributed by atoms with van der Waals surface area (Å²) in [5, 5.41) is 4.16. The fourth-order valence-corrected chi connectivity index (χ4v) is 3.45. The van der Waals surface area contributed by atoms with Gasteiger partial charge in [-0.2, -0.15) is 0 Å². The first-order valence-corrected chi connectivity index (χ1v) is 8.51. The van der Waals surface area contributed by atoms with E-state index in [4.69, 9.17) is 0 Å². The van der Waals surface area contributed by atoms with Crippen molar-refractivity contribution in [3.63, 3.8) is 0 Å². The molecule has 3 nitrogen and oxygen atoms in total. The lowest BCUT2D eigenvalue weighted by Gasteiger charge is -2.27. The molecule has 0 aliphatic carbocycles. The summed E-state index contributed by atoms with van der Waals surface area (Å²) in [7, 11) is 2.05. The number of carbonyl (C=O) groups is 1. The predicted octanol–water partition coefficient (Wildman–Crippen LogP) is 4.16. The van der Waals surface area contributed by atoms with Crippen molar-refractivity contribution in [3.8, 4) is 0 Å². The van der Waals surface area contributed by atoms with Crippen molar-refractivity contribution in [2.45, 2.75) is 13.0 Å². The van der Waals surface area contributed by atoms with Gasteiger partial charge in [0.25, 0.3) is 5.91 Å². The molecule has 0 bridgehead atoms. The zero-order valence-electron chi connectivity index (χ0n) is 13.3. The Morgan fingerprint density at radius 1 is 1.13 bits per heavy atom. The van der Waals surface area contributed by atoms with E-state index in [1.54, 1.807) is 0 Å². The van der Waals surface area contributed by atoms with Gasteiger partial charge in [-0.05, 0) is 36.6 Å². The molecule has 4 heteroatoms. The van der Waals surface area contributed by atoms with Crippen molar-refractivity contribution < 1.29 is 4.79 Å². The van der Waals surface area contributed by atoms with E-state index in [1.807, 2.05) is 55.6 Å². The third-order valence-corrected chi connectivity index (χ3v) is 5.15. The van der Waals surface area contributed by atoms with Crippen LogP contribution in [0.1, 0.15) is 16.6 Å². The van der Waals surface area contributed by atoms with Crippen LogP contribution in [0.4, 0.5) is 5.69 Å². The second-order valence-electron chi connectivity index (χ2n) is 5.65. The Bertz CT molecular complexity index is 764. The second-order valence-corrected chi connectivity index (χ2v) is 6.74. The monoisotopic (exact) mass is 324 g/mol. The molecule has 2 aromatic carbocycles. The Balaban J connectivity index is 1.62. The number of anilines is 1. The molecule has 1 N–H and O–H groups in total. The van der Waals surface area contributed by atoms with Gasteiger partial charge in [0.1, 0.15) is 0 Å². The minimum Gasteiger partial charge on any atom is -0.370 e. The highest BCUT2D eigenvalue weighted by atomic mass is 32.1. The first-order chi connectivity index (χ1) is 11.1. The molecule has 3 aromatic rings. The van der Waals surface area contributed by atoms with Crippen molar-refractivity contribution in [1.82, 2.24) is 5.32 Å². The predicted molar refractivity (Wildman–Crippen MR) is 98.5 cm³/mol. The molecule has 1 unspecified atom stereocenters. The Hall–Kier alpha value is -2.33. The maximum Gasteiger partial charge on any atom is 0.261 e. The van der Waals surface area contributed by atoms with Gasteiger partial charge in [-0.25, -0.2) is 0 Å². The van der Waals surface area contributed by atoms with Crippen LogP contribution in [0.3, 0.4) is 0 Å². The summed E-state index contributed by atoms with van der Waals surface area (Å²) >= 11 is 1.54. The van der Waals surface area contributed by atoms with Gasteiger partial charge in [0.15, 0.2) is 0 Å². The zero-order chi connectivity index (χ0) is 16.2. The van der Waals surface area contributed by atoms with E-state index >= 15 is 0 Å². The van der Waals surface area contributed by atoms with Gasteiger partial charge in [-0.1, -0.05) is 36.4 Å². The largest absolute Gasteiger partial charge is 0.370 e. The number of nitrogens with one attached hydrogen (secondary N) is 1. The maximum atomic E-state index is 12.4. The van der Waals surface area contributed by atoms with Gasteiger partial charge >= 0.3 is 0 Å². The Kier molecular flexibility index (Phi) is 4.63. The minimum atomic E-state index is -0.000452. The third-order valence-electron chi connectivity index (χ3n) is 4.03. The van der Waals surface area contributed by atoms with E-state index in [0.29, 0.717) is 6.54 Å². The normalized spacial score (nSPS) is 12.1. The number of carbonyl (C=O) groups excluding carboxylic acids is 1. The minimum absolute atomic E-state index is 0.000452. The molecule has 1 atom stereocenters. The molecular formula is C19H20N2OS. The average molecular weight is 324 g/mol. The van der Waals surface area contributed by atoms with Gasteiger partial charge in [0, 0.05) is 30.0 Å². The smallest absolute Gasteiger partial charge is 0.261 e. The van der Waals surface area contributed by atoms with Crippen LogP contribution in [0.5, 0.6) is 0 Å². The van der Waals surface area contributed by atoms with E-state index in [-0.39, 0.29) is 11.9 Å². The van der Waals surface area contributed by atoms with E-state index < -0.39 is 0 Å². The van der Waals surface area contributed by atoms with Gasteiger partial charge in [-0.3, -0.25) is 4.79 Å². The van der Waals surface area contributed by atoms with E-state index in [2.05, 4.69) is 29.3 Å². The first-order valence-electron chi connectivity index (χ1n) is 7.70. The molecule has 1 aromatic heterocycles. The molecule has 0 aliphatic heterocycles. The summed E-state index contributed by atoms with van der Waals surface area (Å²) in [6.07, 6.45) is 0. The van der Waals surface area contributed by atoms with Crippen molar-refractivity contribution in [2.75, 3.05) is 18.5 Å². The summed E-state index contributed by atoms with van der Waals surface area (Å²) in [4.78, 5) is 15.3. The summed E-state index contributed by atoms with van der Waals surface area (Å²) in [6, 6.07) is 20.4. The molecule has 1 heterocycles. The van der Waals surface area contributed by atoms with Crippen LogP contribution in [0.2, 0.25) is 0 Å². The molecule has 0 radical (unpaired) electrons. The fraction of sp³-hybridized carbons (Fsp3) is 0.211. The number of amides is 1. The fourth-order valence-electron chi connectivity index (χ4n) is 2.48. The van der Waals surface area contributed by atoms with Gasteiger partial charge in [0.2, 0.25) is 0 Å². The number of thiophene rings is 1. The Morgan fingerprint density at radius 3 is 2.57 bits per heavy atom. The highest BCUT2D eigenvalue weighted by Crippen LogP contribution is 2.25. The van der Waals surface area contributed by atoms with Crippen LogP contribution in [0, 0.1) is 0 Å². The second kappa shape index (κ2) is 6.84. The van der Waals surface area contributed by atoms with Crippen LogP contribution in [0.15, 0.2) is 60.7 Å². The van der Waals surface area contributed by atoms with Crippen LogP contribution in [-0.4, -0.2) is 25.5 Å². The van der Waals surface area contributed by atoms with Crippen LogP contribution >= 0.6 is 11.3 Å². The van der Waals surface area contributed by atoms with Crippen molar-refractivity contribution in [2.24, 2.45) is 0 Å². The van der Waals surface area contributed by atoms with Crippen LogP contribution in [-0.2, 0) is 0 Å². The van der Waals surface area contributed by atoms with Crippen LogP contribution in [0.25, 0.3) is 10.1 Å². The summed E-state index contributed by atoms with van der Waals surface area (Å²) in [6.45, 7) is 2.72. The third kappa shape index (κ3) is 3.54. The standard InChI is InChI=1S/C19H20N2OS/c1-14(21(2)16-9-4-3-5-10-16)13-20-19(22)18-12-15-8-6-7-11-17(15)23-18/h3-12,14H,13H2,1-2H3,(H,20,22). The van der Waals surface area contributed by atoms with Gasteiger partial charge < -0.3 is 10.2 Å². The quantitative estimate of drug-likeness (QED) is 0.764. The van der Waals surface area contributed by atoms with Crippen molar-refractivity contribution in [3.05, 3.63) is 65.5 Å². The number of rotatable bonds is 5. The van der Waals surface area contributed by atoms with Crippen LogP contribution < -0.4 is 10.2 Å². The van der Waals surface area contributed by atoms with E-state index in [9.17, 15) is 4.79 Å². The number of para-hydroxylation sites is 1. The molecule has 3 rings (SSSR count). The summed E-state index contributed by atoms with van der Waals surface area (Å²) < 4.78 is 1.15. The van der Waals surface area contributed by atoms with Crippen molar-refractivity contribution in [1.29, 1.82) is 0 Å². The number of hydrogen-bond acceptors (Lipinski definition) is 3. The first kappa shape index (κ1) is 15.6. The molecule has 0 aliphatic rings. The highest BCUT2D eigenvalue weighted by Gasteiger charge is 2.14. The molecule has 0 saturated carbocycles. The molecule has 0 fully saturated rings. The Morgan fingerprint density at radius 2 is 1.83 bits per heavy atom. The van der Waals surface area contributed by atoms with Gasteiger partial charge in [-0.15, -0.1) is 11.3 Å². The number of hydrogen-bond donors (Lipinski definition) is 1. The number of likely N-dealkylation sites (N-methyl/N-ethyl adjacent to an activating group) is 1.